The van der Waals surface area contributed by atoms with Crippen molar-refractivity contribution in [2.45, 2.75) is 80.1 Å². The quantitative estimate of drug-likeness (QED) is 0.238. The fraction of sp³-hybridized carbons (Fsp3) is 0.800. The van der Waals surface area contributed by atoms with Gasteiger partial charge in [-0.2, -0.15) is 0 Å². The number of allylic oxidation sites excluding steroid dienone is 4. The van der Waals surface area contributed by atoms with E-state index in [-0.39, 0.29) is 0 Å². The van der Waals surface area contributed by atoms with E-state index in [1.807, 2.05) is 0 Å². The van der Waals surface area contributed by atoms with Crippen LogP contribution in [0.5, 0.6) is 0 Å². The topological polar surface area (TPSA) is 0 Å². The summed E-state index contributed by atoms with van der Waals surface area (Å²) in [7, 11) is 0. The molecule has 2 atom stereocenters. The number of rotatable bonds is 10. The first-order chi connectivity index (χ1) is 10.3. The summed E-state index contributed by atoms with van der Waals surface area (Å²) in [5.74, 6) is 1.73. The lowest BCUT2D eigenvalue weighted by Gasteiger charge is -2.06. The van der Waals surface area contributed by atoms with Crippen LogP contribution in [0.1, 0.15) is 80.1 Å². The molecule has 0 radical (unpaired) electrons. The van der Waals surface area contributed by atoms with Crippen molar-refractivity contribution >= 4 is 31.9 Å². The van der Waals surface area contributed by atoms with Crippen molar-refractivity contribution < 1.29 is 0 Å². The van der Waals surface area contributed by atoms with Crippen molar-refractivity contribution in [3.63, 3.8) is 0 Å². The van der Waals surface area contributed by atoms with E-state index >= 15 is 0 Å². The van der Waals surface area contributed by atoms with Crippen LogP contribution in [0.3, 0.4) is 0 Å². The van der Waals surface area contributed by atoms with E-state index in [0.717, 1.165) is 22.5 Å². The molecule has 0 bridgehead atoms. The van der Waals surface area contributed by atoms with Gasteiger partial charge in [-0.25, -0.2) is 0 Å². The van der Waals surface area contributed by atoms with Crippen molar-refractivity contribution in [1.29, 1.82) is 0 Å². The molecule has 0 aromatic carbocycles. The minimum absolute atomic E-state index is 0.866. The standard InChI is InChI=1S/2C10H19Br/c2*1-9(2)5-4-6-10(3)7-8-11/h2*5,10H,4,6-8H2,1-3H3/t10-;/m0./s1. The predicted octanol–water partition coefficient (Wildman–Crippen LogP) is 8.31. The number of alkyl halides is 2. The zero-order valence-electron chi connectivity index (χ0n) is 15.7. The van der Waals surface area contributed by atoms with Crippen LogP contribution in [0.15, 0.2) is 23.3 Å². The fourth-order valence-electron chi connectivity index (χ4n) is 1.97. The molecule has 0 N–H and O–H groups in total. The molecule has 0 nitrogen and oxygen atoms in total. The fourth-order valence-corrected chi connectivity index (χ4v) is 3.54. The highest BCUT2D eigenvalue weighted by Gasteiger charge is 1.98. The molecule has 0 spiro atoms. The summed E-state index contributed by atoms with van der Waals surface area (Å²) in [4.78, 5) is 0. The lowest BCUT2D eigenvalue weighted by atomic mass is 10.0. The number of halogens is 2. The molecular formula is C20H38Br2. The van der Waals surface area contributed by atoms with Gasteiger partial charge in [0, 0.05) is 10.7 Å². The second-order valence-corrected chi connectivity index (χ2v) is 8.47. The minimum Gasteiger partial charge on any atom is -0.0928 e. The molecule has 0 saturated carbocycles. The molecule has 0 aromatic heterocycles. The summed E-state index contributed by atoms with van der Waals surface area (Å²) >= 11 is 6.91. The molecule has 0 aliphatic carbocycles. The Morgan fingerprint density at radius 3 is 1.23 bits per heavy atom. The highest BCUT2D eigenvalue weighted by atomic mass is 79.9. The molecule has 0 aliphatic rings. The van der Waals surface area contributed by atoms with Crippen LogP contribution >= 0.6 is 31.9 Å². The lowest BCUT2D eigenvalue weighted by Crippen LogP contribution is -1.93. The van der Waals surface area contributed by atoms with Crippen molar-refractivity contribution in [2.75, 3.05) is 10.7 Å². The average molecular weight is 438 g/mol. The Morgan fingerprint density at radius 1 is 0.682 bits per heavy atom. The van der Waals surface area contributed by atoms with Gasteiger partial charge < -0.3 is 0 Å². The molecule has 1 unspecified atom stereocenters. The van der Waals surface area contributed by atoms with Crippen LogP contribution in [0.2, 0.25) is 0 Å². The highest BCUT2D eigenvalue weighted by molar-refractivity contribution is 9.09. The van der Waals surface area contributed by atoms with Gasteiger partial charge in [0.1, 0.15) is 0 Å². The van der Waals surface area contributed by atoms with E-state index in [1.54, 1.807) is 0 Å². The van der Waals surface area contributed by atoms with Crippen LogP contribution in [0, 0.1) is 11.8 Å². The third kappa shape index (κ3) is 22.7. The zero-order valence-corrected chi connectivity index (χ0v) is 18.9. The summed E-state index contributed by atoms with van der Waals surface area (Å²) in [6, 6.07) is 0. The maximum Gasteiger partial charge on any atom is 0.00338 e. The molecule has 0 saturated heterocycles. The minimum atomic E-state index is 0.866. The second kappa shape index (κ2) is 17.8. The molecule has 0 fully saturated rings. The molecule has 0 rings (SSSR count). The monoisotopic (exact) mass is 436 g/mol. The Bertz CT molecular complexity index is 254. The van der Waals surface area contributed by atoms with E-state index in [1.165, 1.54) is 49.7 Å². The van der Waals surface area contributed by atoms with Gasteiger partial charge in [-0.15, -0.1) is 0 Å². The molecule has 0 heterocycles. The normalized spacial score (nSPS) is 12.7. The van der Waals surface area contributed by atoms with Gasteiger partial charge in [-0.05, 0) is 78.1 Å². The molecule has 0 aromatic rings. The third-order valence-corrected chi connectivity index (χ3v) is 4.54. The Hall–Kier alpha value is 0.440. The van der Waals surface area contributed by atoms with Crippen molar-refractivity contribution in [2.24, 2.45) is 11.8 Å². The summed E-state index contributed by atoms with van der Waals surface area (Å²) in [5, 5.41) is 2.28. The maximum atomic E-state index is 3.46. The predicted molar refractivity (Wildman–Crippen MR) is 112 cm³/mol. The average Bonchev–Trinajstić information content (AvgIpc) is 2.39. The van der Waals surface area contributed by atoms with E-state index in [9.17, 15) is 0 Å². The largest absolute Gasteiger partial charge is 0.0928 e. The van der Waals surface area contributed by atoms with E-state index in [0.29, 0.717) is 0 Å². The Labute approximate surface area is 157 Å². The number of hydrogen-bond acceptors (Lipinski definition) is 0. The Morgan fingerprint density at radius 2 is 1.00 bits per heavy atom. The van der Waals surface area contributed by atoms with Crippen LogP contribution in [0.25, 0.3) is 0 Å². The van der Waals surface area contributed by atoms with Crippen LogP contribution in [-0.2, 0) is 0 Å². The van der Waals surface area contributed by atoms with E-state index in [4.69, 9.17) is 0 Å². The van der Waals surface area contributed by atoms with Gasteiger partial charge in [-0.1, -0.05) is 69.0 Å². The highest BCUT2D eigenvalue weighted by Crippen LogP contribution is 2.13. The molecule has 132 valence electrons. The Balaban J connectivity index is 0. The smallest absolute Gasteiger partial charge is 0.00338 e. The summed E-state index contributed by atoms with van der Waals surface area (Å²) in [5.41, 5.74) is 2.88. The second-order valence-electron chi connectivity index (χ2n) is 6.88. The lowest BCUT2D eigenvalue weighted by molar-refractivity contribution is 0.526. The molecule has 22 heavy (non-hydrogen) atoms. The van der Waals surface area contributed by atoms with Gasteiger partial charge in [0.15, 0.2) is 0 Å². The van der Waals surface area contributed by atoms with Crippen LogP contribution < -0.4 is 0 Å². The summed E-state index contributed by atoms with van der Waals surface area (Å²) < 4.78 is 0. The first kappa shape index (κ1) is 24.7. The zero-order chi connectivity index (χ0) is 17.4. The Kier molecular flexibility index (Phi) is 20.0. The van der Waals surface area contributed by atoms with E-state index < -0.39 is 0 Å². The first-order valence-electron chi connectivity index (χ1n) is 8.72. The first-order valence-corrected chi connectivity index (χ1v) is 11.0. The van der Waals surface area contributed by atoms with Crippen LogP contribution in [0.4, 0.5) is 0 Å². The molecule has 0 amide bonds. The maximum absolute atomic E-state index is 3.46. The van der Waals surface area contributed by atoms with Crippen molar-refractivity contribution in [1.82, 2.24) is 0 Å². The van der Waals surface area contributed by atoms with Gasteiger partial charge in [0.2, 0.25) is 0 Å². The van der Waals surface area contributed by atoms with Crippen molar-refractivity contribution in [3.8, 4) is 0 Å². The third-order valence-electron chi connectivity index (χ3n) is 3.63. The van der Waals surface area contributed by atoms with Crippen LogP contribution in [-0.4, -0.2) is 10.7 Å². The number of hydrogen-bond donors (Lipinski definition) is 0. The molecule has 2 heteroatoms. The summed E-state index contributed by atoms with van der Waals surface area (Å²) in [6.45, 7) is 13.3. The van der Waals surface area contributed by atoms with Gasteiger partial charge in [-0.3, -0.25) is 0 Å². The van der Waals surface area contributed by atoms with Gasteiger partial charge in [0.25, 0.3) is 0 Å². The molecular weight excluding hydrogens is 400 g/mol. The SMILES string of the molecule is CC(C)=CCCC(C)CCBr.CC(C)=CCC[C@H](C)CCBr. The van der Waals surface area contributed by atoms with Crippen molar-refractivity contribution in [3.05, 3.63) is 23.3 Å². The molecule has 0 aliphatic heterocycles. The van der Waals surface area contributed by atoms with Gasteiger partial charge >= 0.3 is 0 Å². The van der Waals surface area contributed by atoms with Gasteiger partial charge in [0.05, 0.1) is 0 Å². The van der Waals surface area contributed by atoms with E-state index in [2.05, 4.69) is 85.6 Å². The summed E-state index contributed by atoms with van der Waals surface area (Å²) in [6.07, 6.45) is 12.4.